The van der Waals surface area contributed by atoms with Crippen molar-refractivity contribution in [3.05, 3.63) is 0 Å². The minimum Gasteiger partial charge on any atom is -0.391 e. The topological polar surface area (TPSA) is 309 Å². The van der Waals surface area contributed by atoms with Gasteiger partial charge in [-0.05, 0) is 70.6 Å². The normalized spacial score (nSPS) is 18.1. The number of nitrogens with one attached hydrogen (secondary N) is 7. The highest BCUT2D eigenvalue weighted by atomic mass is 16.3. The predicted octanol–water partition coefficient (Wildman–Crippen LogP) is -0.587. The van der Waals surface area contributed by atoms with Crippen molar-refractivity contribution in [3.8, 4) is 0 Å². The van der Waals surface area contributed by atoms with Gasteiger partial charge >= 0.3 is 0 Å². The Morgan fingerprint density at radius 2 is 1.16 bits per heavy atom. The maximum Gasteiger partial charge on any atom is 0.245 e. The van der Waals surface area contributed by atoms with E-state index in [0.29, 0.717) is 45.1 Å². The van der Waals surface area contributed by atoms with Gasteiger partial charge in [-0.25, -0.2) is 0 Å². The smallest absolute Gasteiger partial charge is 0.245 e. The summed E-state index contributed by atoms with van der Waals surface area (Å²) in [5.41, 5.74) is 11.0. The van der Waals surface area contributed by atoms with Crippen LogP contribution in [0.15, 0.2) is 4.99 Å². The number of nitrogens with two attached hydrogens (primary N) is 2. The van der Waals surface area contributed by atoms with Crippen molar-refractivity contribution in [2.75, 3.05) is 13.1 Å². The molecule has 0 aromatic carbocycles. The fourth-order valence-corrected chi connectivity index (χ4v) is 7.03. The Hall–Kier alpha value is -5.01. The first kappa shape index (κ1) is 55.0. The van der Waals surface area contributed by atoms with Crippen molar-refractivity contribution in [1.29, 1.82) is 0 Å². The molecular weight excluding hydrogens is 803 g/mol. The fraction of sp³-hybridized carbons (Fsp3) is 0.786. The van der Waals surface area contributed by atoms with Crippen LogP contribution in [-0.2, 0) is 38.4 Å². The Morgan fingerprint density at radius 3 is 1.65 bits per heavy atom. The van der Waals surface area contributed by atoms with Gasteiger partial charge < -0.3 is 58.7 Å². The van der Waals surface area contributed by atoms with E-state index in [1.54, 1.807) is 34.6 Å². The Balaban J connectivity index is 3.36. The first-order chi connectivity index (χ1) is 29.0. The lowest BCUT2D eigenvalue weighted by atomic mass is 9.95. The average molecular weight is 880 g/mol. The van der Waals surface area contributed by atoms with Crippen LogP contribution in [0.3, 0.4) is 0 Å². The lowest BCUT2D eigenvalue weighted by Gasteiger charge is -2.32. The van der Waals surface area contributed by atoms with Crippen LogP contribution < -0.4 is 48.7 Å². The second kappa shape index (κ2) is 27.1. The Bertz CT molecular complexity index is 1550. The third-order valence-electron chi connectivity index (χ3n) is 11.0. The fourth-order valence-electron chi connectivity index (χ4n) is 7.03. The van der Waals surface area contributed by atoms with Crippen molar-refractivity contribution >= 4 is 53.2 Å². The minimum atomic E-state index is -1.55. The van der Waals surface area contributed by atoms with Gasteiger partial charge in [-0.3, -0.25) is 43.3 Å². The lowest BCUT2D eigenvalue weighted by molar-refractivity contribution is -0.142. The standard InChI is InChI=1S/C42H77N11O9/c1-12-17-28(48-40(61)34(26(10)54)52-39(60)33(25(9)14-3)51-37(58)31(22(4)5)47-27(11)55)35(56)50-32(24(8)13-2)38(59)49-29(18-15-20-45-42(43)44)41(62)53-21-16-19-30(53)36(57)46-23(6)7/h22-26,28-34,54H,12-21H2,1-11H3,(H,46,57)(H,47,55)(H,48,61)(H,49,59)(H,50,56)(H,51,58)(H,52,60)(H4,43,44,45)/t24-,25-,26+,28-,29-,30-,31-,32-,33+,34-/m0/s1. The summed E-state index contributed by atoms with van der Waals surface area (Å²) in [6, 6.07) is -7.93. The number of hydrogen-bond donors (Lipinski definition) is 10. The molecule has 20 heteroatoms. The quantitative estimate of drug-likeness (QED) is 0.0298. The number of hydrogen-bond acceptors (Lipinski definition) is 10. The van der Waals surface area contributed by atoms with Crippen LogP contribution in [0.4, 0.5) is 0 Å². The number of aliphatic hydroxyl groups is 1. The summed E-state index contributed by atoms with van der Waals surface area (Å²) in [7, 11) is 0. The molecule has 0 aliphatic carbocycles. The molecule has 1 aliphatic rings. The first-order valence-corrected chi connectivity index (χ1v) is 22.1. The van der Waals surface area contributed by atoms with Gasteiger partial charge in [0.05, 0.1) is 6.10 Å². The molecular formula is C42H77N11O9. The van der Waals surface area contributed by atoms with Crippen molar-refractivity contribution in [3.63, 3.8) is 0 Å². The number of aliphatic hydroxyl groups excluding tert-OH is 1. The summed E-state index contributed by atoms with van der Waals surface area (Å²) in [6.45, 7) is 19.1. The van der Waals surface area contributed by atoms with E-state index >= 15 is 0 Å². The molecule has 0 spiro atoms. The molecule has 1 heterocycles. The molecule has 1 aliphatic heterocycles. The van der Waals surface area contributed by atoms with Gasteiger partial charge in [0.15, 0.2) is 5.96 Å². The summed E-state index contributed by atoms with van der Waals surface area (Å²) >= 11 is 0. The highest BCUT2D eigenvalue weighted by molar-refractivity contribution is 5.98. The number of carbonyl (C=O) groups is 8. The van der Waals surface area contributed by atoms with Crippen molar-refractivity contribution in [2.45, 2.75) is 182 Å². The van der Waals surface area contributed by atoms with Gasteiger partial charge in [0.25, 0.3) is 0 Å². The van der Waals surface area contributed by atoms with E-state index in [9.17, 15) is 43.5 Å². The van der Waals surface area contributed by atoms with E-state index in [4.69, 9.17) is 11.5 Å². The van der Waals surface area contributed by atoms with Gasteiger partial charge in [-0.15, -0.1) is 0 Å². The van der Waals surface area contributed by atoms with E-state index in [-0.39, 0.29) is 43.2 Å². The van der Waals surface area contributed by atoms with Crippen molar-refractivity contribution < 1.29 is 43.5 Å². The number of likely N-dealkylation sites (tertiary alicyclic amines) is 1. The summed E-state index contributed by atoms with van der Waals surface area (Å²) in [6.07, 6.45) is 1.52. The molecule has 10 atom stereocenters. The Kier molecular flexibility index (Phi) is 24.1. The maximum atomic E-state index is 14.1. The highest BCUT2D eigenvalue weighted by Crippen LogP contribution is 2.21. The van der Waals surface area contributed by atoms with Crippen LogP contribution in [0.1, 0.15) is 128 Å². The Labute approximate surface area is 367 Å². The molecule has 1 rings (SSSR count). The molecule has 0 aromatic rings. The maximum absolute atomic E-state index is 14.1. The number of amides is 8. The van der Waals surface area contributed by atoms with Crippen LogP contribution in [0.2, 0.25) is 0 Å². The second-order valence-electron chi connectivity index (χ2n) is 17.1. The SMILES string of the molecule is CCC[C@H](NC(=O)[C@@H](NC(=O)[C@H](NC(=O)[C@@H](NC(C)=O)C(C)C)[C@@H](C)CC)[C@@H](C)O)C(=O)N[C@H](C(=O)N[C@@H](CCCN=C(N)N)C(=O)N1CCC[C@H]1C(=O)NC(C)C)[C@@H](C)CC. The molecule has 0 unspecified atom stereocenters. The van der Waals surface area contributed by atoms with Crippen LogP contribution in [0, 0.1) is 17.8 Å². The minimum absolute atomic E-state index is 0.124. The van der Waals surface area contributed by atoms with Crippen LogP contribution in [0.5, 0.6) is 0 Å². The van der Waals surface area contributed by atoms with Crippen LogP contribution >= 0.6 is 0 Å². The number of rotatable bonds is 26. The van der Waals surface area contributed by atoms with E-state index < -0.39 is 102 Å². The van der Waals surface area contributed by atoms with Gasteiger partial charge in [0.1, 0.15) is 42.3 Å². The van der Waals surface area contributed by atoms with E-state index in [1.807, 2.05) is 27.7 Å². The molecule has 0 bridgehead atoms. The zero-order valence-electron chi connectivity index (χ0n) is 38.8. The van der Waals surface area contributed by atoms with Gasteiger partial charge in [0, 0.05) is 26.1 Å². The monoisotopic (exact) mass is 880 g/mol. The molecule has 0 aromatic heterocycles. The number of guanidine groups is 1. The van der Waals surface area contributed by atoms with E-state index in [1.165, 1.54) is 18.7 Å². The molecule has 62 heavy (non-hydrogen) atoms. The highest BCUT2D eigenvalue weighted by Gasteiger charge is 2.40. The molecule has 1 fully saturated rings. The van der Waals surface area contributed by atoms with Crippen molar-refractivity contribution in [2.24, 2.45) is 34.2 Å². The number of nitrogens with zero attached hydrogens (tertiary/aromatic N) is 2. The largest absolute Gasteiger partial charge is 0.391 e. The molecule has 12 N–H and O–H groups in total. The molecule has 1 saturated heterocycles. The Morgan fingerprint density at radius 1 is 0.661 bits per heavy atom. The van der Waals surface area contributed by atoms with Crippen LogP contribution in [-0.4, -0.2) is 131 Å². The first-order valence-electron chi connectivity index (χ1n) is 22.1. The van der Waals surface area contributed by atoms with Gasteiger partial charge in [-0.2, -0.15) is 0 Å². The average Bonchev–Trinajstić information content (AvgIpc) is 3.69. The summed E-state index contributed by atoms with van der Waals surface area (Å²) in [5.74, 6) is -6.05. The van der Waals surface area contributed by atoms with E-state index in [0.717, 1.165) is 0 Å². The number of carbonyl (C=O) groups excluding carboxylic acids is 8. The lowest BCUT2D eigenvalue weighted by Crippen LogP contribution is -2.63. The molecule has 354 valence electrons. The van der Waals surface area contributed by atoms with Crippen molar-refractivity contribution in [1.82, 2.24) is 42.1 Å². The predicted molar refractivity (Wildman–Crippen MR) is 236 cm³/mol. The third-order valence-corrected chi connectivity index (χ3v) is 11.0. The van der Waals surface area contributed by atoms with Crippen LogP contribution in [0.25, 0.3) is 0 Å². The van der Waals surface area contributed by atoms with E-state index in [2.05, 4.69) is 42.2 Å². The van der Waals surface area contributed by atoms with Gasteiger partial charge in [0.2, 0.25) is 47.3 Å². The summed E-state index contributed by atoms with van der Waals surface area (Å²) in [5, 5.41) is 29.6. The molecule has 0 saturated carbocycles. The zero-order chi connectivity index (χ0) is 47.4. The molecule has 0 radical (unpaired) electrons. The molecule has 20 nitrogen and oxygen atoms in total. The summed E-state index contributed by atoms with van der Waals surface area (Å²) in [4.78, 5) is 113. The zero-order valence-corrected chi connectivity index (χ0v) is 38.8. The number of aliphatic imine (C=N–C) groups is 1. The van der Waals surface area contributed by atoms with Gasteiger partial charge in [-0.1, -0.05) is 67.7 Å². The second-order valence-corrected chi connectivity index (χ2v) is 17.1. The third kappa shape index (κ3) is 17.8. The summed E-state index contributed by atoms with van der Waals surface area (Å²) < 4.78 is 0. The molecule has 8 amide bonds.